The molecule has 2 rings (SSSR count). The fraction of sp³-hybridized carbons (Fsp3) is 0.333. The monoisotopic (exact) mass is 424 g/mol. The summed E-state index contributed by atoms with van der Waals surface area (Å²) in [4.78, 5) is 8.75. The molecule has 0 fully saturated rings. The molecule has 5 heteroatoms. The molecular formula is C18H25IN4. The Morgan fingerprint density at radius 1 is 1.00 bits per heavy atom. The molecule has 0 aliphatic rings. The lowest BCUT2D eigenvalue weighted by Crippen LogP contribution is -2.38. The Hall–Kier alpha value is -1.63. The van der Waals surface area contributed by atoms with Gasteiger partial charge < -0.3 is 10.6 Å². The van der Waals surface area contributed by atoms with Crippen molar-refractivity contribution in [3.63, 3.8) is 0 Å². The van der Waals surface area contributed by atoms with E-state index in [9.17, 15) is 0 Å². The van der Waals surface area contributed by atoms with Crippen molar-refractivity contribution in [1.29, 1.82) is 0 Å². The van der Waals surface area contributed by atoms with Crippen LogP contribution in [0.4, 0.5) is 0 Å². The summed E-state index contributed by atoms with van der Waals surface area (Å²) in [5.41, 5.74) is 2.55. The Balaban J connectivity index is 0.00000264. The third-order valence-electron chi connectivity index (χ3n) is 3.29. The summed E-state index contributed by atoms with van der Waals surface area (Å²) in [7, 11) is 0. The summed E-state index contributed by atoms with van der Waals surface area (Å²) in [6, 6.07) is 14.5. The highest BCUT2D eigenvalue weighted by molar-refractivity contribution is 14.0. The van der Waals surface area contributed by atoms with E-state index in [-0.39, 0.29) is 24.0 Å². The van der Waals surface area contributed by atoms with Gasteiger partial charge in [-0.2, -0.15) is 0 Å². The molecule has 124 valence electrons. The van der Waals surface area contributed by atoms with Crippen LogP contribution in [0.1, 0.15) is 18.1 Å². The summed E-state index contributed by atoms with van der Waals surface area (Å²) in [6.45, 7) is 4.58. The summed E-state index contributed by atoms with van der Waals surface area (Å²) < 4.78 is 0. The first-order chi connectivity index (χ1) is 10.9. The van der Waals surface area contributed by atoms with Crippen LogP contribution in [-0.2, 0) is 12.8 Å². The van der Waals surface area contributed by atoms with Crippen LogP contribution in [0.25, 0.3) is 0 Å². The van der Waals surface area contributed by atoms with E-state index in [0.29, 0.717) is 0 Å². The Labute approximate surface area is 155 Å². The van der Waals surface area contributed by atoms with Gasteiger partial charge in [-0.15, -0.1) is 24.0 Å². The van der Waals surface area contributed by atoms with Gasteiger partial charge in [0.05, 0.1) is 0 Å². The smallest absolute Gasteiger partial charge is 0.191 e. The van der Waals surface area contributed by atoms with Gasteiger partial charge in [0, 0.05) is 32.0 Å². The maximum atomic E-state index is 4.62. The normalized spacial score (nSPS) is 10.7. The zero-order chi connectivity index (χ0) is 15.5. The lowest BCUT2D eigenvalue weighted by atomic mass is 10.2. The van der Waals surface area contributed by atoms with Crippen molar-refractivity contribution < 1.29 is 0 Å². The molecule has 0 saturated heterocycles. The van der Waals surface area contributed by atoms with E-state index >= 15 is 0 Å². The highest BCUT2D eigenvalue weighted by atomic mass is 127. The van der Waals surface area contributed by atoms with Crippen molar-refractivity contribution in [2.24, 2.45) is 4.99 Å². The van der Waals surface area contributed by atoms with Crippen molar-refractivity contribution in [2.45, 2.75) is 19.8 Å². The molecule has 0 radical (unpaired) electrons. The molecule has 4 nitrogen and oxygen atoms in total. The fourth-order valence-electron chi connectivity index (χ4n) is 2.15. The van der Waals surface area contributed by atoms with Crippen LogP contribution in [0.15, 0.2) is 59.9 Å². The molecule has 2 N–H and O–H groups in total. The Morgan fingerprint density at radius 2 is 1.78 bits per heavy atom. The van der Waals surface area contributed by atoms with Gasteiger partial charge in [-0.3, -0.25) is 9.98 Å². The third-order valence-corrected chi connectivity index (χ3v) is 3.29. The number of benzene rings is 1. The number of halogens is 1. The molecule has 0 amide bonds. The molecule has 1 aromatic heterocycles. The topological polar surface area (TPSA) is 49.3 Å². The largest absolute Gasteiger partial charge is 0.357 e. The Kier molecular flexibility index (Phi) is 10.0. The second kappa shape index (κ2) is 11.9. The second-order valence-electron chi connectivity index (χ2n) is 5.03. The van der Waals surface area contributed by atoms with Gasteiger partial charge in [0.25, 0.3) is 0 Å². The highest BCUT2D eigenvalue weighted by Gasteiger charge is 1.98. The number of aliphatic imine (C=N–C) groups is 1. The van der Waals surface area contributed by atoms with Crippen LogP contribution in [-0.4, -0.2) is 30.6 Å². The van der Waals surface area contributed by atoms with Crippen LogP contribution < -0.4 is 10.6 Å². The Morgan fingerprint density at radius 3 is 2.48 bits per heavy atom. The van der Waals surface area contributed by atoms with Crippen LogP contribution in [0.5, 0.6) is 0 Å². The van der Waals surface area contributed by atoms with Crippen molar-refractivity contribution in [1.82, 2.24) is 15.6 Å². The van der Waals surface area contributed by atoms with Crippen molar-refractivity contribution in [3.8, 4) is 0 Å². The van der Waals surface area contributed by atoms with Crippen LogP contribution in [0, 0.1) is 0 Å². The number of nitrogens with one attached hydrogen (secondary N) is 2. The predicted molar refractivity (Wildman–Crippen MR) is 107 cm³/mol. The van der Waals surface area contributed by atoms with E-state index in [2.05, 4.69) is 57.9 Å². The van der Waals surface area contributed by atoms with Crippen LogP contribution in [0.2, 0.25) is 0 Å². The minimum atomic E-state index is 0. The average molecular weight is 424 g/mol. The number of rotatable bonds is 7. The molecule has 0 atom stereocenters. The molecule has 0 bridgehead atoms. The number of aromatic nitrogens is 1. The standard InChI is InChI=1S/C18H24N4.HI/c1-2-20-18(21-13-10-16-7-4-3-5-8-16)22-14-11-17-9-6-12-19-15-17;/h3-9,12,15H,2,10-11,13-14H2,1H3,(H2,20,21,22);1H. The zero-order valence-corrected chi connectivity index (χ0v) is 15.9. The van der Waals surface area contributed by atoms with Crippen LogP contribution >= 0.6 is 24.0 Å². The minimum Gasteiger partial charge on any atom is -0.357 e. The molecule has 1 heterocycles. The third kappa shape index (κ3) is 7.97. The van der Waals surface area contributed by atoms with Crippen LogP contribution in [0.3, 0.4) is 0 Å². The van der Waals surface area contributed by atoms with Gasteiger partial charge in [0.15, 0.2) is 5.96 Å². The first-order valence-electron chi connectivity index (χ1n) is 7.83. The number of pyridine rings is 1. The quantitative estimate of drug-likeness (QED) is 0.408. The van der Waals surface area contributed by atoms with Gasteiger partial charge in [0.1, 0.15) is 0 Å². The van der Waals surface area contributed by atoms with Gasteiger partial charge in [-0.1, -0.05) is 36.4 Å². The first-order valence-corrected chi connectivity index (χ1v) is 7.83. The summed E-state index contributed by atoms with van der Waals surface area (Å²) >= 11 is 0. The van der Waals surface area contributed by atoms with Gasteiger partial charge in [0.2, 0.25) is 0 Å². The molecular weight excluding hydrogens is 399 g/mol. The molecule has 0 spiro atoms. The van der Waals surface area contributed by atoms with E-state index in [4.69, 9.17) is 0 Å². The number of hydrogen-bond acceptors (Lipinski definition) is 2. The van der Waals surface area contributed by atoms with Crippen molar-refractivity contribution >= 4 is 29.9 Å². The Bertz CT molecular complexity index is 558. The second-order valence-corrected chi connectivity index (χ2v) is 5.03. The number of guanidine groups is 1. The molecule has 0 unspecified atom stereocenters. The SMILES string of the molecule is CCNC(=NCCc1ccccc1)NCCc1cccnc1.I. The maximum absolute atomic E-state index is 4.62. The summed E-state index contributed by atoms with van der Waals surface area (Å²) in [6.07, 6.45) is 5.60. The molecule has 0 saturated carbocycles. The minimum absolute atomic E-state index is 0. The first kappa shape index (κ1) is 19.4. The zero-order valence-electron chi connectivity index (χ0n) is 13.5. The number of nitrogens with zero attached hydrogens (tertiary/aromatic N) is 2. The molecule has 0 aliphatic carbocycles. The number of hydrogen-bond donors (Lipinski definition) is 2. The van der Waals surface area contributed by atoms with E-state index < -0.39 is 0 Å². The predicted octanol–water partition coefficient (Wildman–Crippen LogP) is 3.04. The lowest BCUT2D eigenvalue weighted by molar-refractivity contribution is 0.795. The molecule has 0 aliphatic heterocycles. The summed E-state index contributed by atoms with van der Waals surface area (Å²) in [5.74, 6) is 0.877. The fourth-order valence-corrected chi connectivity index (χ4v) is 2.15. The lowest BCUT2D eigenvalue weighted by Gasteiger charge is -2.11. The average Bonchev–Trinajstić information content (AvgIpc) is 2.57. The van der Waals surface area contributed by atoms with Gasteiger partial charge in [-0.05, 0) is 37.0 Å². The van der Waals surface area contributed by atoms with Crippen molar-refractivity contribution in [3.05, 3.63) is 66.0 Å². The molecule has 2 aromatic rings. The van der Waals surface area contributed by atoms with Gasteiger partial charge >= 0.3 is 0 Å². The molecule has 23 heavy (non-hydrogen) atoms. The van der Waals surface area contributed by atoms with E-state index in [1.54, 1.807) is 6.20 Å². The highest BCUT2D eigenvalue weighted by Crippen LogP contribution is 1.99. The maximum Gasteiger partial charge on any atom is 0.191 e. The summed E-state index contributed by atoms with van der Waals surface area (Å²) in [5, 5.41) is 6.64. The van der Waals surface area contributed by atoms with E-state index in [0.717, 1.165) is 38.4 Å². The van der Waals surface area contributed by atoms with E-state index in [1.165, 1.54) is 11.1 Å². The van der Waals surface area contributed by atoms with E-state index in [1.807, 2.05) is 18.3 Å². The molecule has 1 aromatic carbocycles. The van der Waals surface area contributed by atoms with Crippen molar-refractivity contribution in [2.75, 3.05) is 19.6 Å². The van der Waals surface area contributed by atoms with Gasteiger partial charge in [-0.25, -0.2) is 0 Å².